The first kappa shape index (κ1) is 16.6. The normalized spacial score (nSPS) is 12.7. The van der Waals surface area contributed by atoms with E-state index in [-0.39, 0.29) is 0 Å². The standard InChI is InChI=1S/C20H23N3O/c1-14(2)21-12-16(24)11-15-7-3-4-8-17(15)20-13-22-18-9-5-6-10-19(18)23-20/h3-10,13-14,16,21,24H,11-12H2,1-2H3. The maximum absolute atomic E-state index is 10.3. The molecule has 1 unspecified atom stereocenters. The first-order chi connectivity index (χ1) is 11.6. The Morgan fingerprint density at radius 1 is 1.00 bits per heavy atom. The van der Waals surface area contributed by atoms with E-state index in [4.69, 9.17) is 4.98 Å². The van der Waals surface area contributed by atoms with Gasteiger partial charge < -0.3 is 10.4 Å². The lowest BCUT2D eigenvalue weighted by Gasteiger charge is -2.16. The Labute approximate surface area is 142 Å². The summed E-state index contributed by atoms with van der Waals surface area (Å²) in [5, 5.41) is 13.6. The van der Waals surface area contributed by atoms with Gasteiger partial charge in [-0.1, -0.05) is 50.2 Å². The smallest absolute Gasteiger partial charge is 0.0895 e. The van der Waals surface area contributed by atoms with Gasteiger partial charge in [-0.05, 0) is 17.7 Å². The fourth-order valence-electron chi connectivity index (χ4n) is 2.73. The number of rotatable bonds is 6. The van der Waals surface area contributed by atoms with Gasteiger partial charge in [0.1, 0.15) is 0 Å². The van der Waals surface area contributed by atoms with Gasteiger partial charge in [0.25, 0.3) is 0 Å². The minimum Gasteiger partial charge on any atom is -0.391 e. The molecule has 4 heteroatoms. The zero-order valence-corrected chi connectivity index (χ0v) is 14.1. The van der Waals surface area contributed by atoms with E-state index in [1.165, 1.54) is 0 Å². The molecule has 24 heavy (non-hydrogen) atoms. The number of para-hydroxylation sites is 2. The third-order valence-electron chi connectivity index (χ3n) is 3.96. The summed E-state index contributed by atoms with van der Waals surface area (Å²) in [4.78, 5) is 9.23. The number of benzene rings is 2. The van der Waals surface area contributed by atoms with Crippen LogP contribution in [-0.2, 0) is 6.42 Å². The van der Waals surface area contributed by atoms with Crippen molar-refractivity contribution in [3.8, 4) is 11.3 Å². The first-order valence-corrected chi connectivity index (χ1v) is 8.35. The molecule has 4 nitrogen and oxygen atoms in total. The van der Waals surface area contributed by atoms with E-state index in [9.17, 15) is 5.11 Å². The number of aliphatic hydroxyl groups is 1. The highest BCUT2D eigenvalue weighted by Crippen LogP contribution is 2.24. The molecule has 2 aromatic carbocycles. The van der Waals surface area contributed by atoms with Crippen molar-refractivity contribution >= 4 is 11.0 Å². The molecule has 3 rings (SSSR count). The van der Waals surface area contributed by atoms with E-state index in [1.807, 2.05) is 48.5 Å². The van der Waals surface area contributed by atoms with Crippen LogP contribution in [0.25, 0.3) is 22.3 Å². The van der Waals surface area contributed by atoms with Crippen LogP contribution in [0.4, 0.5) is 0 Å². The average molecular weight is 321 g/mol. The molecule has 0 aliphatic rings. The van der Waals surface area contributed by atoms with Crippen LogP contribution >= 0.6 is 0 Å². The van der Waals surface area contributed by atoms with Crippen LogP contribution in [0.15, 0.2) is 54.7 Å². The molecule has 0 saturated carbocycles. The van der Waals surface area contributed by atoms with Gasteiger partial charge in [0, 0.05) is 24.6 Å². The van der Waals surface area contributed by atoms with E-state index in [2.05, 4.69) is 24.1 Å². The molecule has 3 aromatic rings. The minimum atomic E-state index is -0.429. The van der Waals surface area contributed by atoms with Crippen LogP contribution < -0.4 is 5.32 Å². The molecule has 0 aliphatic carbocycles. The topological polar surface area (TPSA) is 58.0 Å². The molecule has 0 fully saturated rings. The van der Waals surface area contributed by atoms with E-state index < -0.39 is 6.10 Å². The van der Waals surface area contributed by atoms with Gasteiger partial charge in [-0.2, -0.15) is 0 Å². The number of aromatic nitrogens is 2. The van der Waals surface area contributed by atoms with Gasteiger partial charge in [-0.3, -0.25) is 4.98 Å². The number of nitrogens with one attached hydrogen (secondary N) is 1. The van der Waals surface area contributed by atoms with Crippen molar-refractivity contribution in [3.05, 3.63) is 60.3 Å². The quantitative estimate of drug-likeness (QED) is 0.732. The predicted octanol–water partition coefficient (Wildman–Crippen LogP) is 3.20. The van der Waals surface area contributed by atoms with Crippen molar-refractivity contribution in [1.29, 1.82) is 0 Å². The Kier molecular flexibility index (Phi) is 5.18. The number of nitrogens with zero attached hydrogens (tertiary/aromatic N) is 2. The maximum Gasteiger partial charge on any atom is 0.0895 e. The van der Waals surface area contributed by atoms with Crippen LogP contribution in [0, 0.1) is 0 Å². The molecule has 0 aliphatic heterocycles. The predicted molar refractivity (Wildman–Crippen MR) is 97.8 cm³/mol. The van der Waals surface area contributed by atoms with Crippen molar-refractivity contribution in [2.24, 2.45) is 0 Å². The number of aliphatic hydroxyl groups excluding tert-OH is 1. The second-order valence-corrected chi connectivity index (χ2v) is 6.32. The Hall–Kier alpha value is -2.30. The third kappa shape index (κ3) is 3.96. The minimum absolute atomic E-state index is 0.362. The first-order valence-electron chi connectivity index (χ1n) is 8.35. The second-order valence-electron chi connectivity index (χ2n) is 6.32. The molecule has 1 atom stereocenters. The highest BCUT2D eigenvalue weighted by Gasteiger charge is 2.12. The molecule has 2 N–H and O–H groups in total. The van der Waals surface area contributed by atoms with E-state index in [1.54, 1.807) is 6.20 Å². The Morgan fingerprint density at radius 2 is 1.71 bits per heavy atom. The van der Waals surface area contributed by atoms with Gasteiger partial charge in [-0.15, -0.1) is 0 Å². The fraction of sp³-hybridized carbons (Fsp3) is 0.300. The lowest BCUT2D eigenvalue weighted by Crippen LogP contribution is -2.33. The van der Waals surface area contributed by atoms with Gasteiger partial charge in [0.2, 0.25) is 0 Å². The molecule has 0 amide bonds. The number of fused-ring (bicyclic) bond motifs is 1. The van der Waals surface area contributed by atoms with Gasteiger partial charge in [-0.25, -0.2) is 4.98 Å². The molecular weight excluding hydrogens is 298 g/mol. The van der Waals surface area contributed by atoms with Gasteiger partial charge in [0.15, 0.2) is 0 Å². The molecule has 1 heterocycles. The number of hydrogen-bond donors (Lipinski definition) is 2. The summed E-state index contributed by atoms with van der Waals surface area (Å²) in [7, 11) is 0. The van der Waals surface area contributed by atoms with Crippen LogP contribution in [0.5, 0.6) is 0 Å². The highest BCUT2D eigenvalue weighted by molar-refractivity contribution is 5.77. The molecule has 0 radical (unpaired) electrons. The van der Waals surface area contributed by atoms with Crippen molar-refractivity contribution < 1.29 is 5.11 Å². The molecular formula is C20H23N3O. The fourth-order valence-corrected chi connectivity index (χ4v) is 2.73. The summed E-state index contributed by atoms with van der Waals surface area (Å²) in [6, 6.07) is 16.3. The lowest BCUT2D eigenvalue weighted by molar-refractivity contribution is 0.169. The monoisotopic (exact) mass is 321 g/mol. The Bertz CT molecular complexity index is 817. The number of hydrogen-bond acceptors (Lipinski definition) is 4. The molecule has 0 spiro atoms. The van der Waals surface area contributed by atoms with Crippen molar-refractivity contribution in [1.82, 2.24) is 15.3 Å². The molecule has 0 bridgehead atoms. The average Bonchev–Trinajstić information content (AvgIpc) is 2.60. The zero-order valence-electron chi connectivity index (χ0n) is 14.1. The summed E-state index contributed by atoms with van der Waals surface area (Å²) >= 11 is 0. The summed E-state index contributed by atoms with van der Waals surface area (Å²) < 4.78 is 0. The lowest BCUT2D eigenvalue weighted by atomic mass is 9.99. The second kappa shape index (κ2) is 7.51. The van der Waals surface area contributed by atoms with E-state index in [0.29, 0.717) is 19.0 Å². The van der Waals surface area contributed by atoms with Crippen molar-refractivity contribution in [3.63, 3.8) is 0 Å². The van der Waals surface area contributed by atoms with Gasteiger partial charge >= 0.3 is 0 Å². The van der Waals surface area contributed by atoms with Crippen LogP contribution in [0.2, 0.25) is 0 Å². The molecule has 124 valence electrons. The summed E-state index contributed by atoms with van der Waals surface area (Å²) in [6.45, 7) is 4.73. The maximum atomic E-state index is 10.3. The van der Waals surface area contributed by atoms with Crippen LogP contribution in [-0.4, -0.2) is 33.8 Å². The Balaban J connectivity index is 1.87. The molecule has 0 saturated heterocycles. The van der Waals surface area contributed by atoms with E-state index in [0.717, 1.165) is 27.9 Å². The zero-order chi connectivity index (χ0) is 16.9. The highest BCUT2D eigenvalue weighted by atomic mass is 16.3. The largest absolute Gasteiger partial charge is 0.391 e. The van der Waals surface area contributed by atoms with Crippen LogP contribution in [0.3, 0.4) is 0 Å². The van der Waals surface area contributed by atoms with Gasteiger partial charge in [0.05, 0.1) is 29.0 Å². The van der Waals surface area contributed by atoms with E-state index >= 15 is 0 Å². The summed E-state index contributed by atoms with van der Waals surface area (Å²) in [5.41, 5.74) is 4.72. The Morgan fingerprint density at radius 3 is 2.50 bits per heavy atom. The SMILES string of the molecule is CC(C)NCC(O)Cc1ccccc1-c1cnc2ccccc2n1. The van der Waals surface area contributed by atoms with Crippen molar-refractivity contribution in [2.75, 3.05) is 6.54 Å². The van der Waals surface area contributed by atoms with Crippen molar-refractivity contribution in [2.45, 2.75) is 32.4 Å². The van der Waals surface area contributed by atoms with Crippen LogP contribution in [0.1, 0.15) is 19.4 Å². The third-order valence-corrected chi connectivity index (χ3v) is 3.96. The molecule has 1 aromatic heterocycles. The summed E-state index contributed by atoms with van der Waals surface area (Å²) in [5.74, 6) is 0. The summed E-state index contributed by atoms with van der Waals surface area (Å²) in [6.07, 6.45) is 1.96.